The maximum atomic E-state index is 11.5. The lowest BCUT2D eigenvalue weighted by Gasteiger charge is -2.12. The number of hydrogen-bond acceptors (Lipinski definition) is 2. The second-order valence-corrected chi connectivity index (χ2v) is 10.2. The number of hydrogen-bond donors (Lipinski definition) is 2. The van der Waals surface area contributed by atoms with E-state index in [1.807, 2.05) is 0 Å². The Labute approximate surface area is 201 Å². The topological polar surface area (TPSA) is 63.3 Å². The van der Waals surface area contributed by atoms with Crippen LogP contribution >= 0.6 is 0 Å². The minimum Gasteiger partial charge on any atom is -0.481 e. The first kappa shape index (κ1) is 31.4. The standard InChI is InChI=1S/C29H59NO2/c1-2-3-4-5-6-7-8-9-10-11-12-13-14-16-19-22-25-28(29(31)32)26-23-20-17-15-18-21-24-27-30/h28H,2-27,30H2,1H3,(H,31,32). The van der Waals surface area contributed by atoms with Crippen LogP contribution in [0.4, 0.5) is 0 Å². The molecular weight excluding hydrogens is 394 g/mol. The molecule has 0 aliphatic heterocycles. The number of aliphatic carboxylic acids is 1. The summed E-state index contributed by atoms with van der Waals surface area (Å²) in [5.74, 6) is -0.687. The van der Waals surface area contributed by atoms with E-state index in [2.05, 4.69) is 6.92 Å². The van der Waals surface area contributed by atoms with Crippen LogP contribution in [-0.4, -0.2) is 17.6 Å². The minimum absolute atomic E-state index is 0.112. The lowest BCUT2D eigenvalue weighted by atomic mass is 9.94. The summed E-state index contributed by atoms with van der Waals surface area (Å²) in [6, 6.07) is 0. The largest absolute Gasteiger partial charge is 0.481 e. The Balaban J connectivity index is 3.37. The molecule has 0 radical (unpaired) electrons. The smallest absolute Gasteiger partial charge is 0.306 e. The first-order chi connectivity index (χ1) is 15.7. The van der Waals surface area contributed by atoms with Crippen molar-refractivity contribution >= 4 is 5.97 Å². The van der Waals surface area contributed by atoms with Crippen LogP contribution in [0.2, 0.25) is 0 Å². The summed E-state index contributed by atoms with van der Waals surface area (Å²) in [5.41, 5.74) is 5.51. The van der Waals surface area contributed by atoms with Gasteiger partial charge in [-0.15, -0.1) is 0 Å². The first-order valence-corrected chi connectivity index (χ1v) is 14.6. The molecule has 0 bridgehead atoms. The van der Waals surface area contributed by atoms with Crippen LogP contribution in [0.25, 0.3) is 0 Å². The van der Waals surface area contributed by atoms with Gasteiger partial charge in [-0.2, -0.15) is 0 Å². The molecule has 0 aromatic rings. The van der Waals surface area contributed by atoms with Crippen LogP contribution in [0.15, 0.2) is 0 Å². The Morgan fingerprint density at radius 2 is 0.812 bits per heavy atom. The number of carbonyl (C=O) groups is 1. The first-order valence-electron chi connectivity index (χ1n) is 14.6. The van der Waals surface area contributed by atoms with E-state index in [4.69, 9.17) is 5.73 Å². The van der Waals surface area contributed by atoms with E-state index >= 15 is 0 Å². The van der Waals surface area contributed by atoms with Gasteiger partial charge in [-0.25, -0.2) is 0 Å². The quantitative estimate of drug-likeness (QED) is 0.122. The Bertz CT molecular complexity index is 372. The Hall–Kier alpha value is -0.570. The fourth-order valence-corrected chi connectivity index (χ4v) is 4.75. The molecule has 32 heavy (non-hydrogen) atoms. The number of unbranched alkanes of at least 4 members (excludes halogenated alkanes) is 21. The molecule has 0 spiro atoms. The third-order valence-electron chi connectivity index (χ3n) is 7.01. The molecular formula is C29H59NO2. The van der Waals surface area contributed by atoms with Crippen molar-refractivity contribution in [2.45, 2.75) is 167 Å². The van der Waals surface area contributed by atoms with Gasteiger partial charge in [-0.3, -0.25) is 4.79 Å². The lowest BCUT2D eigenvalue weighted by Crippen LogP contribution is -2.13. The molecule has 0 fully saturated rings. The zero-order valence-electron chi connectivity index (χ0n) is 21.9. The van der Waals surface area contributed by atoms with Crippen molar-refractivity contribution in [2.75, 3.05) is 6.54 Å². The zero-order chi connectivity index (χ0) is 23.5. The van der Waals surface area contributed by atoms with Gasteiger partial charge in [0.2, 0.25) is 0 Å². The van der Waals surface area contributed by atoms with Crippen molar-refractivity contribution in [1.82, 2.24) is 0 Å². The molecule has 0 saturated heterocycles. The Morgan fingerprint density at radius 1 is 0.531 bits per heavy atom. The molecule has 3 N–H and O–H groups in total. The second-order valence-electron chi connectivity index (χ2n) is 10.2. The van der Waals surface area contributed by atoms with Gasteiger partial charge in [-0.1, -0.05) is 148 Å². The van der Waals surface area contributed by atoms with Gasteiger partial charge in [0.25, 0.3) is 0 Å². The summed E-state index contributed by atoms with van der Waals surface area (Å²) in [4.78, 5) is 11.5. The van der Waals surface area contributed by atoms with E-state index in [9.17, 15) is 9.90 Å². The van der Waals surface area contributed by atoms with Gasteiger partial charge in [0, 0.05) is 0 Å². The molecule has 0 aliphatic carbocycles. The van der Waals surface area contributed by atoms with Gasteiger partial charge in [0.15, 0.2) is 0 Å². The molecule has 3 nitrogen and oxygen atoms in total. The highest BCUT2D eigenvalue weighted by molar-refractivity contribution is 5.69. The van der Waals surface area contributed by atoms with Gasteiger partial charge in [0.1, 0.15) is 0 Å². The van der Waals surface area contributed by atoms with Crippen molar-refractivity contribution in [3.8, 4) is 0 Å². The van der Waals surface area contributed by atoms with E-state index in [0.717, 1.165) is 38.6 Å². The second kappa shape index (κ2) is 26.7. The predicted octanol–water partition coefficient (Wildman–Crippen LogP) is 9.42. The number of nitrogens with two attached hydrogens (primary N) is 1. The minimum atomic E-state index is -0.575. The van der Waals surface area contributed by atoms with Gasteiger partial charge < -0.3 is 10.8 Å². The number of carboxylic acids is 1. The van der Waals surface area contributed by atoms with E-state index < -0.39 is 5.97 Å². The van der Waals surface area contributed by atoms with Crippen molar-refractivity contribution in [3.05, 3.63) is 0 Å². The number of rotatable bonds is 27. The summed E-state index contributed by atoms with van der Waals surface area (Å²) >= 11 is 0. The van der Waals surface area contributed by atoms with E-state index in [-0.39, 0.29) is 5.92 Å². The third kappa shape index (κ3) is 24.1. The number of carboxylic acid groups (broad SMARTS) is 1. The van der Waals surface area contributed by atoms with Crippen molar-refractivity contribution < 1.29 is 9.90 Å². The molecule has 0 aromatic carbocycles. The molecule has 0 saturated carbocycles. The summed E-state index contributed by atoms with van der Waals surface area (Å²) in [5, 5.41) is 9.49. The van der Waals surface area contributed by atoms with Crippen LogP contribution in [-0.2, 0) is 4.79 Å². The monoisotopic (exact) mass is 453 g/mol. The summed E-state index contributed by atoms with van der Waals surface area (Å²) in [6.45, 7) is 3.09. The van der Waals surface area contributed by atoms with E-state index in [1.165, 1.54) is 128 Å². The van der Waals surface area contributed by atoms with Crippen molar-refractivity contribution in [2.24, 2.45) is 11.7 Å². The van der Waals surface area contributed by atoms with Crippen LogP contribution in [0.5, 0.6) is 0 Å². The Morgan fingerprint density at radius 3 is 1.09 bits per heavy atom. The molecule has 0 amide bonds. The highest BCUT2D eigenvalue weighted by Crippen LogP contribution is 2.20. The van der Waals surface area contributed by atoms with Crippen molar-refractivity contribution in [3.63, 3.8) is 0 Å². The SMILES string of the molecule is CCCCCCCCCCCCCCCCCCC(CCCCCCCCCN)C(=O)O. The lowest BCUT2D eigenvalue weighted by molar-refractivity contribution is -0.142. The van der Waals surface area contributed by atoms with Gasteiger partial charge in [0.05, 0.1) is 5.92 Å². The molecule has 1 atom stereocenters. The molecule has 3 heteroatoms. The molecule has 0 heterocycles. The van der Waals surface area contributed by atoms with Crippen molar-refractivity contribution in [1.29, 1.82) is 0 Å². The van der Waals surface area contributed by atoms with Crippen LogP contribution < -0.4 is 5.73 Å². The fourth-order valence-electron chi connectivity index (χ4n) is 4.75. The maximum Gasteiger partial charge on any atom is 0.306 e. The van der Waals surface area contributed by atoms with E-state index in [0.29, 0.717) is 0 Å². The van der Waals surface area contributed by atoms with Crippen LogP contribution in [0.1, 0.15) is 167 Å². The fraction of sp³-hybridized carbons (Fsp3) is 0.966. The van der Waals surface area contributed by atoms with E-state index in [1.54, 1.807) is 0 Å². The molecule has 0 aromatic heterocycles. The normalized spacial score (nSPS) is 12.3. The summed E-state index contributed by atoms with van der Waals surface area (Å²) in [7, 11) is 0. The van der Waals surface area contributed by atoms with Crippen LogP contribution in [0, 0.1) is 5.92 Å². The Kier molecular flexibility index (Phi) is 26.2. The highest BCUT2D eigenvalue weighted by Gasteiger charge is 2.16. The van der Waals surface area contributed by atoms with Gasteiger partial charge >= 0.3 is 5.97 Å². The average Bonchev–Trinajstić information content (AvgIpc) is 2.78. The summed E-state index contributed by atoms with van der Waals surface area (Å²) < 4.78 is 0. The third-order valence-corrected chi connectivity index (χ3v) is 7.01. The van der Waals surface area contributed by atoms with Crippen LogP contribution in [0.3, 0.4) is 0 Å². The summed E-state index contributed by atoms with van der Waals surface area (Å²) in [6.07, 6.45) is 32.1. The molecule has 192 valence electrons. The zero-order valence-corrected chi connectivity index (χ0v) is 21.9. The molecule has 1 unspecified atom stereocenters. The van der Waals surface area contributed by atoms with Gasteiger partial charge in [-0.05, 0) is 25.8 Å². The predicted molar refractivity (Wildman–Crippen MR) is 141 cm³/mol. The molecule has 0 rings (SSSR count). The molecule has 0 aliphatic rings. The highest BCUT2D eigenvalue weighted by atomic mass is 16.4. The maximum absolute atomic E-state index is 11.5. The average molecular weight is 454 g/mol.